The summed E-state index contributed by atoms with van der Waals surface area (Å²) in [4.78, 5) is 24.4. The van der Waals surface area contributed by atoms with E-state index in [1.807, 2.05) is 0 Å². The molecule has 1 aliphatic rings. The van der Waals surface area contributed by atoms with E-state index in [0.717, 1.165) is 38.9 Å². The van der Waals surface area contributed by atoms with Crippen molar-refractivity contribution in [3.05, 3.63) is 0 Å². The minimum absolute atomic E-state index is 0.140. The van der Waals surface area contributed by atoms with Crippen molar-refractivity contribution >= 4 is 11.8 Å². The summed E-state index contributed by atoms with van der Waals surface area (Å²) in [6.07, 6.45) is 3.27. The van der Waals surface area contributed by atoms with Gasteiger partial charge in [-0.25, -0.2) is 0 Å². The lowest BCUT2D eigenvalue weighted by atomic mass is 9.93. The van der Waals surface area contributed by atoms with Gasteiger partial charge in [0.05, 0.1) is 7.11 Å². The first kappa shape index (κ1) is 13.2. The van der Waals surface area contributed by atoms with Gasteiger partial charge in [0, 0.05) is 12.3 Å². The molecule has 0 atom stereocenters. The summed E-state index contributed by atoms with van der Waals surface area (Å²) in [5.41, 5.74) is 0. The number of carbonyl (C=O) groups is 2. The van der Waals surface area contributed by atoms with Crippen LogP contribution in [0.15, 0.2) is 0 Å². The van der Waals surface area contributed by atoms with Gasteiger partial charge in [0.2, 0.25) is 0 Å². The lowest BCUT2D eigenvalue weighted by Gasteiger charge is -2.30. The van der Waals surface area contributed by atoms with Crippen molar-refractivity contribution < 1.29 is 14.3 Å². The second-order valence-electron chi connectivity index (χ2n) is 4.41. The Morgan fingerprint density at radius 1 is 1.31 bits per heavy atom. The second-order valence-corrected chi connectivity index (χ2v) is 4.41. The Kier molecular flexibility index (Phi) is 5.46. The molecule has 0 unspecified atom stereocenters. The third kappa shape index (κ3) is 4.31. The highest BCUT2D eigenvalue weighted by Gasteiger charge is 2.21. The maximum atomic E-state index is 11.2. The summed E-state index contributed by atoms with van der Waals surface area (Å²) in [7, 11) is 1.42. The molecule has 0 aromatic heterocycles. The Hall–Kier alpha value is -0.900. The number of carbonyl (C=O) groups excluding carboxylic acids is 2. The molecular formula is C12H21NO3. The molecule has 0 radical (unpaired) electrons. The minimum atomic E-state index is -0.140. The van der Waals surface area contributed by atoms with Gasteiger partial charge in [0.15, 0.2) is 0 Å². The average molecular weight is 227 g/mol. The van der Waals surface area contributed by atoms with Gasteiger partial charge in [-0.1, -0.05) is 0 Å². The van der Waals surface area contributed by atoms with Crippen LogP contribution in [0, 0.1) is 5.92 Å². The van der Waals surface area contributed by atoms with Crippen LogP contribution in [0.3, 0.4) is 0 Å². The van der Waals surface area contributed by atoms with Crippen LogP contribution in [-0.2, 0) is 14.3 Å². The SMILES string of the molecule is COC(=O)CCCN1CCC(C(C)=O)CC1. The van der Waals surface area contributed by atoms with E-state index in [4.69, 9.17) is 0 Å². The number of esters is 1. The van der Waals surface area contributed by atoms with Crippen LogP contribution in [0.25, 0.3) is 0 Å². The van der Waals surface area contributed by atoms with E-state index in [0.29, 0.717) is 12.2 Å². The summed E-state index contributed by atoms with van der Waals surface area (Å²) >= 11 is 0. The fraction of sp³-hybridized carbons (Fsp3) is 0.833. The van der Waals surface area contributed by atoms with Crippen molar-refractivity contribution in [2.75, 3.05) is 26.7 Å². The number of hydrogen-bond donors (Lipinski definition) is 0. The zero-order chi connectivity index (χ0) is 12.0. The molecule has 0 aromatic carbocycles. The molecule has 0 bridgehead atoms. The number of Topliss-reactive ketones (excluding diaryl/α,β-unsaturated/α-hetero) is 1. The minimum Gasteiger partial charge on any atom is -0.469 e. The molecule has 16 heavy (non-hydrogen) atoms. The number of rotatable bonds is 5. The molecule has 1 saturated heterocycles. The van der Waals surface area contributed by atoms with Crippen LogP contribution in [-0.4, -0.2) is 43.4 Å². The standard InChI is InChI=1S/C12H21NO3/c1-10(14)11-5-8-13(9-6-11)7-3-4-12(15)16-2/h11H,3-9H2,1-2H3. The number of methoxy groups -OCH3 is 1. The van der Waals surface area contributed by atoms with Crippen molar-refractivity contribution in [2.24, 2.45) is 5.92 Å². The Balaban J connectivity index is 2.13. The summed E-state index contributed by atoms with van der Waals surface area (Å²) in [6, 6.07) is 0. The number of ketones is 1. The second kappa shape index (κ2) is 6.63. The third-order valence-electron chi connectivity index (χ3n) is 3.25. The van der Waals surface area contributed by atoms with E-state index in [9.17, 15) is 9.59 Å². The van der Waals surface area contributed by atoms with E-state index in [2.05, 4.69) is 9.64 Å². The molecule has 92 valence electrons. The summed E-state index contributed by atoms with van der Waals surface area (Å²) < 4.78 is 4.59. The van der Waals surface area contributed by atoms with E-state index in [1.165, 1.54) is 7.11 Å². The maximum absolute atomic E-state index is 11.2. The van der Waals surface area contributed by atoms with Gasteiger partial charge in [-0.05, 0) is 45.8 Å². The number of ether oxygens (including phenoxy) is 1. The van der Waals surface area contributed by atoms with Gasteiger partial charge in [-0.15, -0.1) is 0 Å². The number of piperidine rings is 1. The molecule has 1 aliphatic heterocycles. The van der Waals surface area contributed by atoms with Crippen LogP contribution in [0.1, 0.15) is 32.6 Å². The zero-order valence-electron chi connectivity index (χ0n) is 10.2. The van der Waals surface area contributed by atoms with E-state index in [-0.39, 0.29) is 11.9 Å². The zero-order valence-corrected chi connectivity index (χ0v) is 10.2. The van der Waals surface area contributed by atoms with Crippen molar-refractivity contribution in [2.45, 2.75) is 32.6 Å². The molecule has 1 rings (SSSR count). The van der Waals surface area contributed by atoms with Gasteiger partial charge in [-0.3, -0.25) is 9.59 Å². The Bertz CT molecular complexity index is 245. The predicted molar refractivity (Wildman–Crippen MR) is 61.1 cm³/mol. The number of hydrogen-bond acceptors (Lipinski definition) is 4. The van der Waals surface area contributed by atoms with Crippen molar-refractivity contribution in [3.8, 4) is 0 Å². The molecule has 4 nitrogen and oxygen atoms in total. The molecule has 0 aliphatic carbocycles. The van der Waals surface area contributed by atoms with E-state index in [1.54, 1.807) is 6.92 Å². The highest BCUT2D eigenvalue weighted by atomic mass is 16.5. The number of likely N-dealkylation sites (tertiary alicyclic amines) is 1. The smallest absolute Gasteiger partial charge is 0.305 e. The average Bonchev–Trinajstić information content (AvgIpc) is 2.29. The summed E-state index contributed by atoms with van der Waals surface area (Å²) in [6.45, 7) is 4.56. The Morgan fingerprint density at radius 2 is 1.94 bits per heavy atom. The van der Waals surface area contributed by atoms with E-state index < -0.39 is 0 Å². The molecule has 0 aromatic rings. The van der Waals surface area contributed by atoms with Crippen molar-refractivity contribution in [1.82, 2.24) is 4.90 Å². The van der Waals surface area contributed by atoms with Gasteiger partial charge < -0.3 is 9.64 Å². The van der Waals surface area contributed by atoms with Gasteiger partial charge in [0.25, 0.3) is 0 Å². The third-order valence-corrected chi connectivity index (χ3v) is 3.25. The predicted octanol–water partition coefficient (Wildman–Crippen LogP) is 1.24. The fourth-order valence-electron chi connectivity index (χ4n) is 2.11. The van der Waals surface area contributed by atoms with Crippen molar-refractivity contribution in [3.63, 3.8) is 0 Å². The first-order valence-corrected chi connectivity index (χ1v) is 5.93. The topological polar surface area (TPSA) is 46.6 Å². The molecule has 0 amide bonds. The molecule has 1 heterocycles. The van der Waals surface area contributed by atoms with Crippen LogP contribution >= 0.6 is 0 Å². The molecule has 0 N–H and O–H groups in total. The maximum Gasteiger partial charge on any atom is 0.305 e. The quantitative estimate of drug-likeness (QED) is 0.663. The first-order valence-electron chi connectivity index (χ1n) is 5.93. The van der Waals surface area contributed by atoms with Gasteiger partial charge in [0.1, 0.15) is 5.78 Å². The lowest BCUT2D eigenvalue weighted by molar-refractivity contribution is -0.140. The molecule has 0 saturated carbocycles. The Morgan fingerprint density at radius 3 is 2.44 bits per heavy atom. The van der Waals surface area contributed by atoms with Gasteiger partial charge in [-0.2, -0.15) is 0 Å². The molecule has 4 heteroatoms. The van der Waals surface area contributed by atoms with Crippen LogP contribution in [0.2, 0.25) is 0 Å². The van der Waals surface area contributed by atoms with Crippen LogP contribution in [0.5, 0.6) is 0 Å². The molecule has 0 spiro atoms. The monoisotopic (exact) mass is 227 g/mol. The Labute approximate surface area is 96.9 Å². The van der Waals surface area contributed by atoms with Crippen molar-refractivity contribution in [1.29, 1.82) is 0 Å². The normalized spacial score (nSPS) is 18.4. The number of nitrogens with zero attached hydrogens (tertiary/aromatic N) is 1. The lowest BCUT2D eigenvalue weighted by Crippen LogP contribution is -2.36. The van der Waals surface area contributed by atoms with Crippen LogP contribution < -0.4 is 0 Å². The van der Waals surface area contributed by atoms with Crippen LogP contribution in [0.4, 0.5) is 0 Å². The highest BCUT2D eigenvalue weighted by molar-refractivity contribution is 5.78. The molecule has 1 fully saturated rings. The highest BCUT2D eigenvalue weighted by Crippen LogP contribution is 2.18. The largest absolute Gasteiger partial charge is 0.469 e. The summed E-state index contributed by atoms with van der Waals surface area (Å²) in [5.74, 6) is 0.435. The summed E-state index contributed by atoms with van der Waals surface area (Å²) in [5, 5.41) is 0. The van der Waals surface area contributed by atoms with Gasteiger partial charge >= 0.3 is 5.97 Å². The fourth-order valence-corrected chi connectivity index (χ4v) is 2.11. The first-order chi connectivity index (χ1) is 7.63. The molecular weight excluding hydrogens is 206 g/mol. The van der Waals surface area contributed by atoms with E-state index >= 15 is 0 Å².